The lowest BCUT2D eigenvalue weighted by Gasteiger charge is -2.41. The SMILES string of the molecule is Cc1c(Sc2cnc3c(n2)nc(N2CCC4(CC2)Cn2nccc2[C@H]4N)n3C)ccnc1N. The van der Waals surface area contributed by atoms with Crippen LogP contribution in [0.25, 0.3) is 11.3 Å². The second kappa shape index (κ2) is 7.42. The minimum Gasteiger partial charge on any atom is -0.383 e. The van der Waals surface area contributed by atoms with Crippen molar-refractivity contribution in [3.63, 3.8) is 0 Å². The Bertz CT molecular complexity index is 1350. The molecule has 0 bridgehead atoms. The molecule has 4 N–H and O–H groups in total. The van der Waals surface area contributed by atoms with Crippen molar-refractivity contribution in [2.75, 3.05) is 23.7 Å². The maximum absolute atomic E-state index is 6.64. The van der Waals surface area contributed by atoms with Gasteiger partial charge in [0.15, 0.2) is 11.3 Å². The van der Waals surface area contributed by atoms with E-state index >= 15 is 0 Å². The molecular weight excluding hydrogens is 436 g/mol. The van der Waals surface area contributed by atoms with Crippen molar-refractivity contribution in [1.82, 2.24) is 34.3 Å². The Balaban J connectivity index is 1.23. The normalized spacial score (nSPS) is 19.5. The van der Waals surface area contributed by atoms with Gasteiger partial charge in [0.05, 0.1) is 17.9 Å². The number of hydrogen-bond donors (Lipinski definition) is 2. The van der Waals surface area contributed by atoms with Gasteiger partial charge in [-0.15, -0.1) is 0 Å². The molecule has 0 aliphatic carbocycles. The summed E-state index contributed by atoms with van der Waals surface area (Å²) >= 11 is 1.52. The first-order chi connectivity index (χ1) is 15.9. The molecule has 4 aromatic heterocycles. The lowest BCUT2D eigenvalue weighted by Crippen LogP contribution is -2.45. The van der Waals surface area contributed by atoms with Crippen molar-refractivity contribution in [2.24, 2.45) is 18.2 Å². The highest BCUT2D eigenvalue weighted by Gasteiger charge is 2.47. The van der Waals surface area contributed by atoms with E-state index in [0.717, 1.165) is 65.3 Å². The number of anilines is 2. The lowest BCUT2D eigenvalue weighted by atomic mass is 9.74. The molecule has 1 saturated heterocycles. The van der Waals surface area contributed by atoms with Gasteiger partial charge < -0.3 is 16.4 Å². The summed E-state index contributed by atoms with van der Waals surface area (Å²) in [4.78, 5) is 21.8. The Labute approximate surface area is 195 Å². The summed E-state index contributed by atoms with van der Waals surface area (Å²) in [7, 11) is 2.00. The smallest absolute Gasteiger partial charge is 0.209 e. The first-order valence-corrected chi connectivity index (χ1v) is 11.9. The predicted molar refractivity (Wildman–Crippen MR) is 127 cm³/mol. The van der Waals surface area contributed by atoms with Crippen LogP contribution >= 0.6 is 11.8 Å². The average molecular weight is 463 g/mol. The first-order valence-electron chi connectivity index (χ1n) is 11.1. The zero-order valence-corrected chi connectivity index (χ0v) is 19.5. The third kappa shape index (κ3) is 3.17. The summed E-state index contributed by atoms with van der Waals surface area (Å²) in [5.74, 6) is 1.43. The number of aryl methyl sites for hydroxylation is 1. The minimum atomic E-state index is 0.0381. The van der Waals surface area contributed by atoms with Crippen LogP contribution < -0.4 is 16.4 Å². The number of nitrogens with zero attached hydrogens (tertiary/aromatic N) is 8. The summed E-state index contributed by atoms with van der Waals surface area (Å²) in [5, 5.41) is 5.23. The molecule has 1 fully saturated rings. The predicted octanol–water partition coefficient (Wildman–Crippen LogP) is 2.30. The van der Waals surface area contributed by atoms with Crippen molar-refractivity contribution >= 4 is 34.8 Å². The van der Waals surface area contributed by atoms with Gasteiger partial charge in [-0.1, -0.05) is 11.8 Å². The molecule has 1 atom stereocenters. The maximum atomic E-state index is 6.64. The molecule has 0 amide bonds. The number of aromatic nitrogens is 7. The molecule has 0 radical (unpaired) electrons. The third-order valence-corrected chi connectivity index (χ3v) is 8.25. The fourth-order valence-electron chi connectivity index (χ4n) is 5.09. The molecule has 2 aliphatic rings. The summed E-state index contributed by atoms with van der Waals surface area (Å²) in [6.45, 7) is 4.65. The van der Waals surface area contributed by atoms with Crippen LogP contribution in [-0.2, 0) is 13.6 Å². The molecule has 1 spiro atoms. The van der Waals surface area contributed by atoms with Crippen molar-refractivity contribution in [2.45, 2.75) is 42.3 Å². The van der Waals surface area contributed by atoms with E-state index in [1.54, 1.807) is 12.4 Å². The standard InChI is InChI=1S/C22H26N10S/c1-13-15(4-7-25-18(13)24)33-16-11-26-20-19(28-16)29-21(30(20)2)31-9-5-22(6-10-31)12-32-14(17(22)23)3-8-27-32/h3-4,7-8,11,17H,5-6,9-10,12,23H2,1-2H3,(H2,24,25)/t17-/m1/s1. The van der Waals surface area contributed by atoms with Crippen LogP contribution in [0.5, 0.6) is 0 Å². The number of imidazole rings is 1. The van der Waals surface area contributed by atoms with Gasteiger partial charge >= 0.3 is 0 Å². The van der Waals surface area contributed by atoms with Crippen LogP contribution in [0.4, 0.5) is 11.8 Å². The van der Waals surface area contributed by atoms with Gasteiger partial charge in [-0.3, -0.25) is 9.25 Å². The number of nitrogens with two attached hydrogens (primary N) is 2. The third-order valence-electron chi connectivity index (χ3n) is 7.18. The number of fused-ring (bicyclic) bond motifs is 2. The quantitative estimate of drug-likeness (QED) is 0.471. The molecule has 6 heterocycles. The van der Waals surface area contributed by atoms with Crippen LogP contribution in [0, 0.1) is 12.3 Å². The molecule has 0 unspecified atom stereocenters. The first kappa shape index (κ1) is 20.4. The summed E-state index contributed by atoms with van der Waals surface area (Å²) in [6.07, 6.45) is 7.35. The van der Waals surface area contributed by atoms with Crippen LogP contribution in [0.3, 0.4) is 0 Å². The number of piperidine rings is 1. The van der Waals surface area contributed by atoms with E-state index in [2.05, 4.69) is 24.6 Å². The van der Waals surface area contributed by atoms with E-state index in [1.807, 2.05) is 36.9 Å². The Morgan fingerprint density at radius 2 is 1.94 bits per heavy atom. The second-order valence-corrected chi connectivity index (χ2v) is 10.1. The van der Waals surface area contributed by atoms with Crippen LogP contribution in [0.1, 0.15) is 30.1 Å². The Morgan fingerprint density at radius 3 is 2.73 bits per heavy atom. The van der Waals surface area contributed by atoms with Crippen LogP contribution in [0.15, 0.2) is 40.6 Å². The molecule has 0 saturated carbocycles. The maximum Gasteiger partial charge on any atom is 0.209 e. The van der Waals surface area contributed by atoms with Crippen molar-refractivity contribution in [3.05, 3.63) is 42.0 Å². The molecule has 6 rings (SSSR count). The number of pyridine rings is 1. The van der Waals surface area contributed by atoms with Crippen LogP contribution in [0.2, 0.25) is 0 Å². The second-order valence-electron chi connectivity index (χ2n) is 8.99. The molecular formula is C22H26N10S. The topological polar surface area (TPSA) is 130 Å². The van der Waals surface area contributed by atoms with Gasteiger partial charge in [0, 0.05) is 54.9 Å². The molecule has 2 aliphatic heterocycles. The molecule has 4 aromatic rings. The lowest BCUT2D eigenvalue weighted by molar-refractivity contribution is 0.169. The van der Waals surface area contributed by atoms with Crippen molar-refractivity contribution in [3.8, 4) is 0 Å². The van der Waals surface area contributed by atoms with Gasteiger partial charge in [-0.2, -0.15) is 10.1 Å². The van der Waals surface area contributed by atoms with Gasteiger partial charge in [0.2, 0.25) is 5.95 Å². The van der Waals surface area contributed by atoms with E-state index in [-0.39, 0.29) is 11.5 Å². The van der Waals surface area contributed by atoms with Gasteiger partial charge in [-0.05, 0) is 31.9 Å². The number of nitrogen functional groups attached to an aromatic ring is 1. The van der Waals surface area contributed by atoms with Crippen molar-refractivity contribution < 1.29 is 0 Å². The van der Waals surface area contributed by atoms with E-state index < -0.39 is 0 Å². The van der Waals surface area contributed by atoms with E-state index in [4.69, 9.17) is 21.4 Å². The van der Waals surface area contributed by atoms with Gasteiger partial charge in [-0.25, -0.2) is 15.0 Å². The molecule has 0 aromatic carbocycles. The van der Waals surface area contributed by atoms with Gasteiger partial charge in [0.1, 0.15) is 10.8 Å². The number of hydrogen-bond acceptors (Lipinski definition) is 9. The average Bonchev–Trinajstić information content (AvgIpc) is 3.47. The molecule has 11 heteroatoms. The minimum absolute atomic E-state index is 0.0381. The highest BCUT2D eigenvalue weighted by atomic mass is 32.2. The van der Waals surface area contributed by atoms with E-state index in [9.17, 15) is 0 Å². The fourth-order valence-corrected chi connectivity index (χ4v) is 5.94. The fraction of sp³-hybridized carbons (Fsp3) is 0.409. The Morgan fingerprint density at radius 1 is 1.12 bits per heavy atom. The zero-order valence-electron chi connectivity index (χ0n) is 18.6. The summed E-state index contributed by atoms with van der Waals surface area (Å²) < 4.78 is 4.10. The Kier molecular flexibility index (Phi) is 4.59. The van der Waals surface area contributed by atoms with Crippen molar-refractivity contribution in [1.29, 1.82) is 0 Å². The zero-order chi connectivity index (χ0) is 22.7. The van der Waals surface area contributed by atoms with E-state index in [0.29, 0.717) is 11.5 Å². The number of rotatable bonds is 3. The molecule has 33 heavy (non-hydrogen) atoms. The highest BCUT2D eigenvalue weighted by molar-refractivity contribution is 7.99. The van der Waals surface area contributed by atoms with E-state index in [1.165, 1.54) is 11.8 Å². The van der Waals surface area contributed by atoms with Gasteiger partial charge in [0.25, 0.3) is 0 Å². The summed E-state index contributed by atoms with van der Waals surface area (Å²) in [6, 6.07) is 4.03. The molecule has 170 valence electrons. The Hall–Kier alpha value is -3.18. The largest absolute Gasteiger partial charge is 0.383 e. The van der Waals surface area contributed by atoms with Crippen LogP contribution in [-0.4, -0.2) is 47.4 Å². The highest BCUT2D eigenvalue weighted by Crippen LogP contribution is 2.48. The molecule has 10 nitrogen and oxygen atoms in total. The monoisotopic (exact) mass is 462 g/mol. The summed E-state index contributed by atoms with van der Waals surface area (Å²) in [5.41, 5.74) is 16.2.